The first kappa shape index (κ1) is 16.5. The normalized spacial score (nSPS) is 11.2. The summed E-state index contributed by atoms with van der Waals surface area (Å²) in [5, 5.41) is 13.5. The Bertz CT molecular complexity index is 744. The van der Waals surface area contributed by atoms with Gasteiger partial charge >= 0.3 is 0 Å². The highest BCUT2D eigenvalue weighted by atomic mass is 19.1. The second kappa shape index (κ2) is 7.40. The Kier molecular flexibility index (Phi) is 5.30. The number of aromatic hydroxyl groups is 1. The van der Waals surface area contributed by atoms with Crippen molar-refractivity contribution in [3.8, 4) is 11.5 Å². The van der Waals surface area contributed by atoms with Gasteiger partial charge in [-0.25, -0.2) is 9.82 Å². The Labute approximate surface area is 133 Å². The van der Waals surface area contributed by atoms with Crippen LogP contribution in [0.15, 0.2) is 47.6 Å². The van der Waals surface area contributed by atoms with E-state index in [-0.39, 0.29) is 23.6 Å². The predicted octanol–water partition coefficient (Wildman–Crippen LogP) is 2.76. The van der Waals surface area contributed by atoms with Crippen molar-refractivity contribution >= 4 is 11.6 Å². The summed E-state index contributed by atoms with van der Waals surface area (Å²) in [4.78, 5) is 11.7. The molecule has 0 aliphatic carbocycles. The minimum Gasteiger partial charge on any atom is -0.507 e. The van der Waals surface area contributed by atoms with Crippen molar-refractivity contribution < 1.29 is 19.0 Å². The molecule has 23 heavy (non-hydrogen) atoms. The molecule has 1 amide bonds. The van der Waals surface area contributed by atoms with Gasteiger partial charge < -0.3 is 9.84 Å². The van der Waals surface area contributed by atoms with Crippen molar-refractivity contribution in [1.29, 1.82) is 0 Å². The molecule has 0 aliphatic heterocycles. The predicted molar refractivity (Wildman–Crippen MR) is 85.1 cm³/mol. The van der Waals surface area contributed by atoms with Crippen molar-refractivity contribution in [2.45, 2.75) is 13.8 Å². The van der Waals surface area contributed by atoms with Crippen LogP contribution >= 0.6 is 0 Å². The van der Waals surface area contributed by atoms with E-state index < -0.39 is 11.7 Å². The third-order valence-electron chi connectivity index (χ3n) is 3.06. The summed E-state index contributed by atoms with van der Waals surface area (Å²) in [6, 6.07) is 10.8. The molecule has 0 heterocycles. The number of hydrogen-bond acceptors (Lipinski definition) is 4. The average molecular weight is 316 g/mol. The van der Waals surface area contributed by atoms with Crippen LogP contribution in [0.3, 0.4) is 0 Å². The van der Waals surface area contributed by atoms with E-state index in [1.807, 2.05) is 25.1 Å². The lowest BCUT2D eigenvalue weighted by Crippen LogP contribution is -2.25. The van der Waals surface area contributed by atoms with Gasteiger partial charge in [0, 0.05) is 5.56 Å². The van der Waals surface area contributed by atoms with Crippen LogP contribution in [-0.4, -0.2) is 23.3 Å². The highest BCUT2D eigenvalue weighted by Gasteiger charge is 2.07. The van der Waals surface area contributed by atoms with Crippen LogP contribution in [0.5, 0.6) is 11.5 Å². The molecule has 0 radical (unpaired) electrons. The third kappa shape index (κ3) is 4.81. The molecule has 0 atom stereocenters. The van der Waals surface area contributed by atoms with Gasteiger partial charge in [0.05, 0.1) is 5.71 Å². The van der Waals surface area contributed by atoms with E-state index >= 15 is 0 Å². The number of ether oxygens (including phenoxy) is 1. The Hall–Kier alpha value is -2.89. The van der Waals surface area contributed by atoms with Gasteiger partial charge in [-0.3, -0.25) is 4.79 Å². The second-order valence-corrected chi connectivity index (χ2v) is 5.00. The van der Waals surface area contributed by atoms with Crippen LogP contribution in [0, 0.1) is 12.7 Å². The summed E-state index contributed by atoms with van der Waals surface area (Å²) >= 11 is 0. The number of phenolic OH excluding ortho intramolecular Hbond substituents is 1. The van der Waals surface area contributed by atoms with Gasteiger partial charge in [-0.05, 0) is 49.7 Å². The van der Waals surface area contributed by atoms with Gasteiger partial charge in [-0.15, -0.1) is 0 Å². The van der Waals surface area contributed by atoms with E-state index in [2.05, 4.69) is 10.5 Å². The van der Waals surface area contributed by atoms with Gasteiger partial charge in [0.15, 0.2) is 6.61 Å². The number of rotatable bonds is 5. The van der Waals surface area contributed by atoms with E-state index in [1.165, 1.54) is 6.07 Å². The van der Waals surface area contributed by atoms with E-state index in [9.17, 15) is 14.3 Å². The SMILES string of the molecule is C/C(=N\NC(=O)COc1cccc(C)c1)c1cc(F)ccc1O. The lowest BCUT2D eigenvalue weighted by molar-refractivity contribution is -0.123. The number of nitrogens with one attached hydrogen (secondary N) is 1. The molecule has 120 valence electrons. The van der Waals surface area contributed by atoms with Crippen LogP contribution in [0.25, 0.3) is 0 Å². The first-order chi connectivity index (χ1) is 11.0. The Balaban J connectivity index is 1.93. The Morgan fingerprint density at radius 3 is 2.83 bits per heavy atom. The number of phenols is 1. The lowest BCUT2D eigenvalue weighted by Gasteiger charge is -2.07. The van der Waals surface area contributed by atoms with Crippen LogP contribution in [-0.2, 0) is 4.79 Å². The summed E-state index contributed by atoms with van der Waals surface area (Å²) in [5.74, 6) is -0.482. The quantitative estimate of drug-likeness (QED) is 0.658. The fraction of sp³-hybridized carbons (Fsp3) is 0.176. The molecule has 2 aromatic rings. The molecular weight excluding hydrogens is 299 g/mol. The molecule has 0 aliphatic rings. The van der Waals surface area contributed by atoms with Gasteiger partial charge in [0.1, 0.15) is 17.3 Å². The van der Waals surface area contributed by atoms with Gasteiger partial charge in [0.25, 0.3) is 5.91 Å². The minimum absolute atomic E-state index is 0.113. The summed E-state index contributed by atoms with van der Waals surface area (Å²) < 4.78 is 18.5. The van der Waals surface area contributed by atoms with E-state index in [0.717, 1.165) is 17.7 Å². The largest absolute Gasteiger partial charge is 0.507 e. The van der Waals surface area contributed by atoms with Crippen LogP contribution in [0.1, 0.15) is 18.1 Å². The van der Waals surface area contributed by atoms with Crippen LogP contribution in [0.2, 0.25) is 0 Å². The van der Waals surface area contributed by atoms with E-state index in [0.29, 0.717) is 5.75 Å². The maximum Gasteiger partial charge on any atom is 0.277 e. The molecule has 0 spiro atoms. The third-order valence-corrected chi connectivity index (χ3v) is 3.06. The first-order valence-corrected chi connectivity index (χ1v) is 6.97. The highest BCUT2D eigenvalue weighted by Crippen LogP contribution is 2.18. The number of halogens is 1. The summed E-state index contributed by atoms with van der Waals surface area (Å²) in [6.45, 7) is 3.28. The zero-order valence-corrected chi connectivity index (χ0v) is 12.8. The zero-order valence-electron chi connectivity index (χ0n) is 12.8. The average Bonchev–Trinajstić information content (AvgIpc) is 2.53. The smallest absolute Gasteiger partial charge is 0.277 e. The minimum atomic E-state index is -0.499. The maximum atomic E-state index is 13.2. The van der Waals surface area contributed by atoms with Crippen molar-refractivity contribution in [3.63, 3.8) is 0 Å². The Morgan fingerprint density at radius 2 is 2.09 bits per heavy atom. The number of hydrogen-bond donors (Lipinski definition) is 2. The second-order valence-electron chi connectivity index (χ2n) is 5.00. The van der Waals surface area contributed by atoms with Crippen molar-refractivity contribution in [2.24, 2.45) is 5.10 Å². The number of hydrazone groups is 1. The molecule has 0 saturated carbocycles. The summed E-state index contributed by atoms with van der Waals surface area (Å²) in [7, 11) is 0. The number of nitrogens with zero attached hydrogens (tertiary/aromatic N) is 1. The van der Waals surface area contributed by atoms with Crippen LogP contribution < -0.4 is 10.2 Å². The van der Waals surface area contributed by atoms with Gasteiger partial charge in [-0.1, -0.05) is 12.1 Å². The van der Waals surface area contributed by atoms with Crippen molar-refractivity contribution in [3.05, 3.63) is 59.4 Å². The molecule has 2 aromatic carbocycles. The topological polar surface area (TPSA) is 70.9 Å². The zero-order chi connectivity index (χ0) is 16.8. The van der Waals surface area contributed by atoms with E-state index in [4.69, 9.17) is 4.74 Å². The highest BCUT2D eigenvalue weighted by molar-refractivity contribution is 6.01. The van der Waals surface area contributed by atoms with Crippen LogP contribution in [0.4, 0.5) is 4.39 Å². The number of carbonyl (C=O) groups is 1. The molecule has 0 saturated heterocycles. The molecule has 2 rings (SSSR count). The standard InChI is InChI=1S/C17H17FN2O3/c1-11-4-3-5-14(8-11)23-10-17(22)20-19-12(2)15-9-13(18)6-7-16(15)21/h3-9,21H,10H2,1-2H3,(H,20,22)/b19-12+. The molecule has 0 unspecified atom stereocenters. The number of benzene rings is 2. The first-order valence-electron chi connectivity index (χ1n) is 6.97. The summed E-state index contributed by atoms with van der Waals surface area (Å²) in [6.07, 6.45) is 0. The number of aryl methyl sites for hydroxylation is 1. The lowest BCUT2D eigenvalue weighted by atomic mass is 10.1. The molecule has 2 N–H and O–H groups in total. The van der Waals surface area contributed by atoms with Gasteiger partial charge in [-0.2, -0.15) is 5.10 Å². The maximum absolute atomic E-state index is 13.2. The van der Waals surface area contributed by atoms with Crippen molar-refractivity contribution in [1.82, 2.24) is 5.43 Å². The molecule has 0 fully saturated rings. The molecule has 5 nitrogen and oxygen atoms in total. The van der Waals surface area contributed by atoms with Gasteiger partial charge in [0.2, 0.25) is 0 Å². The molecule has 0 aromatic heterocycles. The monoisotopic (exact) mass is 316 g/mol. The number of amides is 1. The Morgan fingerprint density at radius 1 is 1.30 bits per heavy atom. The van der Waals surface area contributed by atoms with E-state index in [1.54, 1.807) is 13.0 Å². The molecular formula is C17H17FN2O3. The fourth-order valence-corrected chi connectivity index (χ4v) is 1.89. The summed E-state index contributed by atoms with van der Waals surface area (Å²) in [5.41, 5.74) is 3.83. The molecule has 0 bridgehead atoms. The van der Waals surface area contributed by atoms with Crippen molar-refractivity contribution in [2.75, 3.05) is 6.61 Å². The molecule has 6 heteroatoms. The fourth-order valence-electron chi connectivity index (χ4n) is 1.89. The number of carbonyl (C=O) groups excluding carboxylic acids is 1.